The van der Waals surface area contributed by atoms with Crippen molar-refractivity contribution >= 4 is 12.7 Å². The van der Waals surface area contributed by atoms with Gasteiger partial charge in [0.05, 0.1) is 29.6 Å². The molecule has 0 N–H and O–H groups in total. The summed E-state index contributed by atoms with van der Waals surface area (Å²) < 4.78 is 17.2. The third kappa shape index (κ3) is 2.90. The molecule has 6 heteroatoms. The van der Waals surface area contributed by atoms with E-state index >= 15 is 0 Å². The Bertz CT molecular complexity index is 418. The molecule has 0 aliphatic carbocycles. The van der Waals surface area contributed by atoms with Crippen LogP contribution in [0.4, 0.5) is 0 Å². The van der Waals surface area contributed by atoms with Gasteiger partial charge < -0.3 is 14.0 Å². The summed E-state index contributed by atoms with van der Waals surface area (Å²) in [6, 6.07) is 0. The number of hydrogen-bond acceptors (Lipinski definition) is 5. The molecule has 0 radical (unpaired) electrons. The van der Waals surface area contributed by atoms with Crippen LogP contribution >= 0.6 is 0 Å². The second-order valence-corrected chi connectivity index (χ2v) is 5.72. The predicted molar refractivity (Wildman–Crippen MR) is 73.5 cm³/mol. The number of rotatable bonds is 4. The van der Waals surface area contributed by atoms with Crippen molar-refractivity contribution in [2.75, 3.05) is 6.61 Å². The Kier molecular flexibility index (Phi) is 3.83. The summed E-state index contributed by atoms with van der Waals surface area (Å²) in [6.45, 7) is 10.7. The van der Waals surface area contributed by atoms with Crippen molar-refractivity contribution in [3.63, 3.8) is 0 Å². The molecule has 2 rings (SSSR count). The topological polar surface area (TPSA) is 53.5 Å². The van der Waals surface area contributed by atoms with Gasteiger partial charge in [0, 0.05) is 6.20 Å². The summed E-state index contributed by atoms with van der Waals surface area (Å²) in [7, 11) is -0.474. The SMILES string of the molecule is CCCOc1cnc(B2OC(C)(C)C(C)(C)O2)cn1. The van der Waals surface area contributed by atoms with Gasteiger partial charge in [-0.25, -0.2) is 4.98 Å². The fraction of sp³-hybridized carbons (Fsp3) is 0.692. The van der Waals surface area contributed by atoms with E-state index in [0.717, 1.165) is 6.42 Å². The lowest BCUT2D eigenvalue weighted by Gasteiger charge is -2.32. The highest BCUT2D eigenvalue weighted by atomic mass is 16.7. The first kappa shape index (κ1) is 14.3. The van der Waals surface area contributed by atoms with Gasteiger partial charge in [-0.1, -0.05) is 6.92 Å². The zero-order chi connectivity index (χ0) is 14.1. The van der Waals surface area contributed by atoms with Crippen LogP contribution in [-0.4, -0.2) is 34.9 Å². The highest BCUT2D eigenvalue weighted by molar-refractivity contribution is 6.61. The van der Waals surface area contributed by atoms with Gasteiger partial charge in [-0.15, -0.1) is 0 Å². The van der Waals surface area contributed by atoms with Crippen molar-refractivity contribution in [1.82, 2.24) is 9.97 Å². The van der Waals surface area contributed by atoms with Crippen molar-refractivity contribution < 1.29 is 14.0 Å². The van der Waals surface area contributed by atoms with Gasteiger partial charge in [-0.05, 0) is 34.1 Å². The molecule has 0 aromatic carbocycles. The largest absolute Gasteiger partial charge is 0.516 e. The minimum Gasteiger partial charge on any atom is -0.477 e. The van der Waals surface area contributed by atoms with Crippen LogP contribution in [0.2, 0.25) is 0 Å². The van der Waals surface area contributed by atoms with Gasteiger partial charge in [0.25, 0.3) is 0 Å². The van der Waals surface area contributed by atoms with E-state index < -0.39 is 7.12 Å². The Morgan fingerprint density at radius 2 is 1.74 bits per heavy atom. The highest BCUT2D eigenvalue weighted by Gasteiger charge is 2.52. The summed E-state index contributed by atoms with van der Waals surface area (Å²) in [5, 5.41) is 0. The quantitative estimate of drug-likeness (QED) is 0.772. The Morgan fingerprint density at radius 1 is 1.11 bits per heavy atom. The van der Waals surface area contributed by atoms with Crippen molar-refractivity contribution in [2.45, 2.75) is 52.2 Å². The van der Waals surface area contributed by atoms with Gasteiger partial charge in [-0.3, -0.25) is 4.98 Å². The molecule has 1 aliphatic rings. The van der Waals surface area contributed by atoms with E-state index in [1.54, 1.807) is 12.4 Å². The molecule has 0 amide bonds. The molecule has 0 bridgehead atoms. The maximum absolute atomic E-state index is 5.91. The summed E-state index contributed by atoms with van der Waals surface area (Å²) in [4.78, 5) is 8.52. The molecule has 1 fully saturated rings. The highest BCUT2D eigenvalue weighted by Crippen LogP contribution is 2.36. The minimum atomic E-state index is -0.474. The Balaban J connectivity index is 2.08. The number of hydrogen-bond donors (Lipinski definition) is 0. The summed E-state index contributed by atoms with van der Waals surface area (Å²) >= 11 is 0. The average Bonchev–Trinajstić information content (AvgIpc) is 2.56. The van der Waals surface area contributed by atoms with E-state index in [2.05, 4.69) is 9.97 Å². The van der Waals surface area contributed by atoms with E-state index in [1.165, 1.54) is 0 Å². The molecule has 1 saturated heterocycles. The molecular weight excluding hydrogens is 243 g/mol. The van der Waals surface area contributed by atoms with Crippen LogP contribution < -0.4 is 10.3 Å². The Labute approximate surface area is 114 Å². The number of nitrogens with zero attached hydrogens (tertiary/aromatic N) is 2. The van der Waals surface area contributed by atoms with E-state index in [4.69, 9.17) is 14.0 Å². The zero-order valence-corrected chi connectivity index (χ0v) is 12.3. The lowest BCUT2D eigenvalue weighted by Crippen LogP contribution is -2.41. The first-order valence-corrected chi connectivity index (χ1v) is 6.66. The standard InChI is InChI=1S/C13H21BN2O3/c1-6-7-17-11-9-15-10(8-16-11)14-18-12(2,3)13(4,5)19-14/h8-9H,6-7H2,1-5H3. The molecule has 0 atom stereocenters. The van der Waals surface area contributed by atoms with E-state index in [9.17, 15) is 0 Å². The first-order valence-electron chi connectivity index (χ1n) is 6.66. The molecular formula is C13H21BN2O3. The maximum atomic E-state index is 5.91. The predicted octanol–water partition coefficient (Wildman–Crippen LogP) is 1.56. The summed E-state index contributed by atoms with van der Waals surface area (Å²) in [5.41, 5.74) is -0.0597. The average molecular weight is 264 g/mol. The molecule has 0 saturated carbocycles. The van der Waals surface area contributed by atoms with E-state index in [-0.39, 0.29) is 11.2 Å². The van der Waals surface area contributed by atoms with Crippen molar-refractivity contribution in [3.8, 4) is 5.88 Å². The van der Waals surface area contributed by atoms with E-state index in [1.807, 2.05) is 34.6 Å². The van der Waals surface area contributed by atoms with Crippen LogP contribution in [0.3, 0.4) is 0 Å². The molecule has 104 valence electrons. The maximum Gasteiger partial charge on any atom is 0.516 e. The van der Waals surface area contributed by atoms with Crippen molar-refractivity contribution in [3.05, 3.63) is 12.4 Å². The van der Waals surface area contributed by atoms with Crippen LogP contribution in [-0.2, 0) is 9.31 Å². The molecule has 1 aliphatic heterocycles. The molecule has 19 heavy (non-hydrogen) atoms. The zero-order valence-electron chi connectivity index (χ0n) is 12.3. The lowest BCUT2D eigenvalue weighted by atomic mass is 9.85. The molecule has 0 unspecified atom stereocenters. The lowest BCUT2D eigenvalue weighted by molar-refractivity contribution is 0.00578. The van der Waals surface area contributed by atoms with E-state index in [0.29, 0.717) is 18.1 Å². The molecule has 1 aromatic heterocycles. The van der Waals surface area contributed by atoms with Gasteiger partial charge in [0.15, 0.2) is 0 Å². The second-order valence-electron chi connectivity index (χ2n) is 5.72. The van der Waals surface area contributed by atoms with Gasteiger partial charge >= 0.3 is 7.12 Å². The molecule has 0 spiro atoms. The normalized spacial score (nSPS) is 20.6. The second kappa shape index (κ2) is 5.09. The van der Waals surface area contributed by atoms with Crippen molar-refractivity contribution in [1.29, 1.82) is 0 Å². The fourth-order valence-electron chi connectivity index (χ4n) is 1.69. The van der Waals surface area contributed by atoms with Crippen LogP contribution in [0.15, 0.2) is 12.4 Å². The third-order valence-electron chi connectivity index (χ3n) is 3.60. The monoisotopic (exact) mass is 264 g/mol. The molecule has 2 heterocycles. The first-order chi connectivity index (χ1) is 8.86. The van der Waals surface area contributed by atoms with Crippen LogP contribution in [0.5, 0.6) is 5.88 Å². The van der Waals surface area contributed by atoms with Crippen LogP contribution in [0.1, 0.15) is 41.0 Å². The van der Waals surface area contributed by atoms with Gasteiger partial charge in [0.2, 0.25) is 5.88 Å². The smallest absolute Gasteiger partial charge is 0.477 e. The van der Waals surface area contributed by atoms with Crippen LogP contribution in [0.25, 0.3) is 0 Å². The van der Waals surface area contributed by atoms with Gasteiger partial charge in [-0.2, -0.15) is 0 Å². The fourth-order valence-corrected chi connectivity index (χ4v) is 1.69. The number of aromatic nitrogens is 2. The third-order valence-corrected chi connectivity index (χ3v) is 3.60. The molecule has 1 aromatic rings. The molecule has 5 nitrogen and oxygen atoms in total. The van der Waals surface area contributed by atoms with Gasteiger partial charge in [0.1, 0.15) is 0 Å². The summed E-state index contributed by atoms with van der Waals surface area (Å²) in [5.74, 6) is 0.530. The number of ether oxygens (including phenoxy) is 1. The van der Waals surface area contributed by atoms with Crippen molar-refractivity contribution in [2.24, 2.45) is 0 Å². The Hall–Kier alpha value is -1.14. The summed E-state index contributed by atoms with van der Waals surface area (Å²) in [6.07, 6.45) is 4.20. The van der Waals surface area contributed by atoms with Crippen LogP contribution in [0, 0.1) is 0 Å². The minimum absolute atomic E-state index is 0.364. The Morgan fingerprint density at radius 3 is 2.21 bits per heavy atom.